The van der Waals surface area contributed by atoms with Crippen LogP contribution in [-0.4, -0.2) is 58.4 Å². The van der Waals surface area contributed by atoms with E-state index in [1.54, 1.807) is 4.90 Å². The van der Waals surface area contributed by atoms with Gasteiger partial charge in [0.1, 0.15) is 17.2 Å². The Bertz CT molecular complexity index is 1590. The van der Waals surface area contributed by atoms with Gasteiger partial charge in [0.2, 0.25) is 17.1 Å². The second-order valence-electron chi connectivity index (χ2n) is 12.3. The van der Waals surface area contributed by atoms with Crippen LogP contribution in [0, 0.1) is 11.6 Å². The third-order valence-corrected chi connectivity index (χ3v) is 9.15. The third kappa shape index (κ3) is 6.63. The number of rotatable bonds is 11. The maximum absolute atomic E-state index is 14.3. The number of nitrogens with zero attached hydrogens (tertiary/aromatic N) is 3. The fourth-order valence-electron chi connectivity index (χ4n) is 6.42. The van der Waals surface area contributed by atoms with Gasteiger partial charge < -0.3 is 29.1 Å². The zero-order chi connectivity index (χ0) is 33.0. The predicted octanol–water partition coefficient (Wildman–Crippen LogP) is 5.01. The zero-order valence-corrected chi connectivity index (χ0v) is 26.4. The molecule has 2 amide bonds. The highest BCUT2D eigenvalue weighted by molar-refractivity contribution is 6.00. The van der Waals surface area contributed by atoms with Gasteiger partial charge in [-0.15, -0.1) is 0 Å². The van der Waals surface area contributed by atoms with E-state index in [1.165, 1.54) is 23.9 Å². The molecule has 0 saturated carbocycles. The molecule has 1 spiro atoms. The molecule has 0 unspecified atom stereocenters. The molecular formula is C33H40F2N4O7. The molecule has 1 saturated heterocycles. The molecular weight excluding hydrogens is 602 g/mol. The number of oxime groups is 1. The topological polar surface area (TPSA) is 129 Å². The summed E-state index contributed by atoms with van der Waals surface area (Å²) in [6.45, 7) is 3.86. The number of carbonyl (C=O) groups excluding carboxylic acids is 3. The highest BCUT2D eigenvalue weighted by atomic mass is 19.1. The fraction of sp³-hybridized carbons (Fsp3) is 0.545. The summed E-state index contributed by atoms with van der Waals surface area (Å²) in [5, 5.41) is 6.61. The van der Waals surface area contributed by atoms with Crippen molar-refractivity contribution in [2.45, 2.75) is 102 Å². The van der Waals surface area contributed by atoms with Gasteiger partial charge in [0.05, 0.1) is 19.6 Å². The maximum Gasteiger partial charge on any atom is 0.311 e. The summed E-state index contributed by atoms with van der Waals surface area (Å²) in [5.41, 5.74) is -2.47. The molecule has 3 aliphatic rings. The molecule has 3 aliphatic heterocycles. The standard InChI is InChI=1S/C33H40F2N4O7/c1-4-5-6-7-8-9-10-27(40)45-30-28-32(43)38-19-25(33(14-13-20(38)2)16-26(44-3)37-46-33)39(28)18-23(29(30)41)31(42)36-17-21-11-12-22(34)15-24(21)35/h11-12,15,18,20,25H,4-10,13-14,16-17,19H2,1-3H3,(H,36,42)/t20-,25+,33-/m0/s1. The minimum atomic E-state index is -0.969. The number of hydrogen-bond donors (Lipinski definition) is 1. The summed E-state index contributed by atoms with van der Waals surface area (Å²) < 4.78 is 40.2. The Kier molecular flexibility index (Phi) is 10.1. The number of nitrogens with one attached hydrogen (secondary N) is 1. The van der Waals surface area contributed by atoms with E-state index in [1.807, 2.05) is 6.92 Å². The number of pyridine rings is 1. The Hall–Kier alpha value is -4.29. The molecule has 5 rings (SSSR count). The Morgan fingerprint density at radius 3 is 2.63 bits per heavy atom. The van der Waals surface area contributed by atoms with E-state index in [4.69, 9.17) is 14.3 Å². The molecule has 0 radical (unpaired) electrons. The molecule has 11 nitrogen and oxygen atoms in total. The first-order valence-corrected chi connectivity index (χ1v) is 15.9. The number of halogens is 2. The fourth-order valence-corrected chi connectivity index (χ4v) is 6.42. The van der Waals surface area contributed by atoms with Crippen molar-refractivity contribution in [3.05, 3.63) is 63.1 Å². The van der Waals surface area contributed by atoms with E-state index in [-0.39, 0.29) is 43.2 Å². The zero-order valence-electron chi connectivity index (χ0n) is 26.4. The van der Waals surface area contributed by atoms with Crippen LogP contribution in [0.15, 0.2) is 34.3 Å². The quantitative estimate of drug-likeness (QED) is 0.270. The first kappa shape index (κ1) is 33.1. The first-order valence-electron chi connectivity index (χ1n) is 15.9. The van der Waals surface area contributed by atoms with E-state index >= 15 is 0 Å². The van der Waals surface area contributed by atoms with Gasteiger partial charge in [0, 0.05) is 43.4 Å². The number of amides is 2. The molecule has 1 N–H and O–H groups in total. The van der Waals surface area contributed by atoms with Gasteiger partial charge in [-0.25, -0.2) is 8.78 Å². The molecule has 2 bridgehead atoms. The van der Waals surface area contributed by atoms with E-state index in [0.29, 0.717) is 31.2 Å². The van der Waals surface area contributed by atoms with Gasteiger partial charge in [0.15, 0.2) is 11.3 Å². The van der Waals surface area contributed by atoms with Gasteiger partial charge in [-0.1, -0.05) is 50.2 Å². The van der Waals surface area contributed by atoms with Crippen molar-refractivity contribution in [2.24, 2.45) is 5.16 Å². The number of methoxy groups -OCH3 is 1. The summed E-state index contributed by atoms with van der Waals surface area (Å²) >= 11 is 0. The molecule has 2 aromatic rings. The molecule has 1 aromatic heterocycles. The lowest BCUT2D eigenvalue weighted by atomic mass is 9.85. The van der Waals surface area contributed by atoms with Crippen LogP contribution in [-0.2, 0) is 20.9 Å². The average molecular weight is 643 g/mol. The van der Waals surface area contributed by atoms with Gasteiger partial charge >= 0.3 is 5.97 Å². The molecule has 4 heterocycles. The van der Waals surface area contributed by atoms with Crippen molar-refractivity contribution in [1.29, 1.82) is 0 Å². The van der Waals surface area contributed by atoms with Crippen molar-refractivity contribution in [2.75, 3.05) is 13.7 Å². The van der Waals surface area contributed by atoms with Crippen LogP contribution in [0.25, 0.3) is 0 Å². The lowest BCUT2D eigenvalue weighted by Crippen LogP contribution is -2.52. The highest BCUT2D eigenvalue weighted by Crippen LogP contribution is 2.46. The smallest absolute Gasteiger partial charge is 0.311 e. The van der Waals surface area contributed by atoms with Crippen molar-refractivity contribution < 1.29 is 37.5 Å². The number of hydrogen-bond acceptors (Lipinski definition) is 8. The maximum atomic E-state index is 14.3. The molecule has 46 heavy (non-hydrogen) atoms. The summed E-state index contributed by atoms with van der Waals surface area (Å²) in [6, 6.07) is 2.09. The largest absolute Gasteiger partial charge is 0.482 e. The lowest BCUT2D eigenvalue weighted by Gasteiger charge is -2.41. The highest BCUT2D eigenvalue weighted by Gasteiger charge is 2.55. The first-order chi connectivity index (χ1) is 22.1. The second kappa shape index (κ2) is 14.0. The summed E-state index contributed by atoms with van der Waals surface area (Å²) in [7, 11) is 1.48. The van der Waals surface area contributed by atoms with E-state index in [2.05, 4.69) is 17.4 Å². The van der Waals surface area contributed by atoms with E-state index in [0.717, 1.165) is 38.2 Å². The van der Waals surface area contributed by atoms with E-state index in [9.17, 15) is 28.0 Å². The van der Waals surface area contributed by atoms with Crippen molar-refractivity contribution in [1.82, 2.24) is 14.8 Å². The molecule has 248 valence electrons. The second-order valence-corrected chi connectivity index (χ2v) is 12.3. The summed E-state index contributed by atoms with van der Waals surface area (Å²) in [5.74, 6) is -3.89. The molecule has 0 aliphatic carbocycles. The van der Waals surface area contributed by atoms with Crippen molar-refractivity contribution in [3.63, 3.8) is 0 Å². The number of fused-ring (bicyclic) bond motifs is 5. The Balaban J connectivity index is 1.53. The number of carbonyl (C=O) groups is 3. The van der Waals surface area contributed by atoms with Crippen LogP contribution < -0.4 is 15.5 Å². The van der Waals surface area contributed by atoms with Crippen molar-refractivity contribution in [3.8, 4) is 5.75 Å². The van der Waals surface area contributed by atoms with Gasteiger partial charge in [0.25, 0.3) is 11.8 Å². The summed E-state index contributed by atoms with van der Waals surface area (Å²) in [4.78, 5) is 62.1. The van der Waals surface area contributed by atoms with Crippen LogP contribution in [0.1, 0.15) is 111 Å². The Morgan fingerprint density at radius 2 is 1.91 bits per heavy atom. The number of ether oxygens (including phenoxy) is 2. The molecule has 1 fully saturated rings. The lowest BCUT2D eigenvalue weighted by molar-refractivity contribution is -0.134. The summed E-state index contributed by atoms with van der Waals surface area (Å²) in [6.07, 6.45) is 8.21. The predicted molar refractivity (Wildman–Crippen MR) is 164 cm³/mol. The van der Waals surface area contributed by atoms with Gasteiger partial charge in [-0.3, -0.25) is 19.2 Å². The minimum absolute atomic E-state index is 0.00419. The molecule has 3 atom stereocenters. The van der Waals surface area contributed by atoms with Crippen LogP contribution in [0.3, 0.4) is 0 Å². The van der Waals surface area contributed by atoms with Crippen LogP contribution in [0.4, 0.5) is 8.78 Å². The number of unbranched alkanes of at least 4 members (excludes halogenated alkanes) is 5. The number of aromatic nitrogens is 1. The average Bonchev–Trinajstić information content (AvgIpc) is 3.41. The normalized spacial score (nSPS) is 21.7. The van der Waals surface area contributed by atoms with Gasteiger partial charge in [-0.05, 0) is 32.3 Å². The monoisotopic (exact) mass is 642 g/mol. The minimum Gasteiger partial charge on any atom is -0.482 e. The molecule has 1 aromatic carbocycles. The van der Waals surface area contributed by atoms with Crippen LogP contribution >= 0.6 is 0 Å². The molecule has 13 heteroatoms. The van der Waals surface area contributed by atoms with Crippen LogP contribution in [0.2, 0.25) is 0 Å². The number of esters is 1. The van der Waals surface area contributed by atoms with E-state index < -0.39 is 57.8 Å². The Labute approximate surface area is 265 Å². The van der Waals surface area contributed by atoms with Gasteiger partial charge in [-0.2, -0.15) is 0 Å². The number of benzene rings is 1. The Morgan fingerprint density at radius 1 is 1.15 bits per heavy atom. The SMILES string of the molecule is CCCCCCCCC(=O)Oc1c2n(cc(C(=O)NCc3ccc(F)cc3F)c1=O)[C@@H]1CN(C2=O)[C@@H](C)CC[C@]12CC(OC)=NO2. The van der Waals surface area contributed by atoms with Crippen molar-refractivity contribution >= 4 is 23.7 Å². The third-order valence-electron chi connectivity index (χ3n) is 9.15. The van der Waals surface area contributed by atoms with Crippen LogP contribution in [0.5, 0.6) is 5.75 Å².